The monoisotopic (exact) mass is 436 g/mol. The number of nitrogens with zero attached hydrogens (tertiary/aromatic N) is 2. The zero-order chi connectivity index (χ0) is 22.1. The summed E-state index contributed by atoms with van der Waals surface area (Å²) in [4.78, 5) is 6.45. The zero-order valence-corrected chi connectivity index (χ0v) is 17.4. The number of morpholine rings is 1. The molecule has 168 valence electrons. The van der Waals surface area contributed by atoms with Crippen molar-refractivity contribution < 1.29 is 22.6 Å². The van der Waals surface area contributed by atoms with E-state index in [4.69, 9.17) is 4.74 Å². The second-order valence-electron chi connectivity index (χ2n) is 7.01. The molecule has 9 heteroatoms. The molecule has 0 bridgehead atoms. The predicted molar refractivity (Wildman–Crippen MR) is 113 cm³/mol. The van der Waals surface area contributed by atoms with E-state index >= 15 is 0 Å². The Morgan fingerprint density at radius 2 is 1.90 bits per heavy atom. The second-order valence-corrected chi connectivity index (χ2v) is 7.01. The lowest BCUT2D eigenvalue weighted by Gasteiger charge is -2.35. The Kier molecular flexibility index (Phi) is 8.54. The van der Waals surface area contributed by atoms with Crippen molar-refractivity contribution in [3.63, 3.8) is 0 Å². The number of hydrogen-bond donors (Lipinski definition) is 2. The van der Waals surface area contributed by atoms with Crippen LogP contribution in [-0.4, -0.2) is 57.4 Å². The summed E-state index contributed by atoms with van der Waals surface area (Å²) in [5.74, 6) is 0.335. The van der Waals surface area contributed by atoms with E-state index in [1.54, 1.807) is 31.3 Å². The molecule has 2 aromatic rings. The van der Waals surface area contributed by atoms with Gasteiger partial charge in [-0.15, -0.1) is 0 Å². The van der Waals surface area contributed by atoms with Crippen LogP contribution in [-0.2, 0) is 11.3 Å². The van der Waals surface area contributed by atoms with Crippen LogP contribution in [0.3, 0.4) is 0 Å². The van der Waals surface area contributed by atoms with Crippen LogP contribution in [0.25, 0.3) is 0 Å². The maximum absolute atomic E-state index is 13.8. The van der Waals surface area contributed by atoms with Crippen LogP contribution >= 0.6 is 0 Å². The highest BCUT2D eigenvalue weighted by Crippen LogP contribution is 2.22. The lowest BCUT2D eigenvalue weighted by atomic mass is 10.0. The average Bonchev–Trinajstić information content (AvgIpc) is 2.77. The zero-order valence-electron chi connectivity index (χ0n) is 17.4. The number of para-hydroxylation sites is 1. The molecule has 0 spiro atoms. The third-order valence-corrected chi connectivity index (χ3v) is 5.04. The summed E-state index contributed by atoms with van der Waals surface area (Å²) in [7, 11) is 1.63. The highest BCUT2D eigenvalue weighted by Gasteiger charge is 2.23. The fraction of sp³-hybridized carbons (Fsp3) is 0.409. The van der Waals surface area contributed by atoms with Crippen molar-refractivity contribution in [1.82, 2.24) is 15.5 Å². The van der Waals surface area contributed by atoms with Crippen LogP contribution in [0.15, 0.2) is 53.5 Å². The number of hydrogen-bond acceptors (Lipinski definition) is 4. The molecule has 6 nitrogen and oxygen atoms in total. The van der Waals surface area contributed by atoms with Gasteiger partial charge in [-0.3, -0.25) is 9.89 Å². The Morgan fingerprint density at radius 1 is 1.13 bits per heavy atom. The van der Waals surface area contributed by atoms with Crippen molar-refractivity contribution in [2.75, 3.05) is 39.9 Å². The molecule has 0 aromatic heterocycles. The molecule has 1 aliphatic rings. The van der Waals surface area contributed by atoms with Gasteiger partial charge in [-0.05, 0) is 23.8 Å². The third kappa shape index (κ3) is 6.86. The summed E-state index contributed by atoms with van der Waals surface area (Å²) in [5.41, 5.74) is 1.45. The third-order valence-electron chi connectivity index (χ3n) is 5.04. The number of guanidine groups is 1. The summed E-state index contributed by atoms with van der Waals surface area (Å²) in [5, 5.41) is 6.38. The van der Waals surface area contributed by atoms with Crippen molar-refractivity contribution in [3.8, 4) is 5.75 Å². The largest absolute Gasteiger partial charge is 0.434 e. The number of benzene rings is 2. The van der Waals surface area contributed by atoms with Gasteiger partial charge in [0.05, 0.1) is 19.3 Å². The van der Waals surface area contributed by atoms with Gasteiger partial charge in [0, 0.05) is 38.8 Å². The highest BCUT2D eigenvalue weighted by atomic mass is 19.3. The molecular weight excluding hydrogens is 409 g/mol. The van der Waals surface area contributed by atoms with E-state index in [0.29, 0.717) is 31.3 Å². The molecule has 0 radical (unpaired) electrons. The SMILES string of the molecule is CN=C(NCc1ccccc1OC(F)F)NCC(c1cccc(F)c1)N1CCOCC1. The lowest BCUT2D eigenvalue weighted by molar-refractivity contribution is -0.0504. The molecule has 0 aliphatic carbocycles. The molecule has 1 fully saturated rings. The molecule has 31 heavy (non-hydrogen) atoms. The fourth-order valence-corrected chi connectivity index (χ4v) is 3.51. The minimum absolute atomic E-state index is 0.0763. The van der Waals surface area contributed by atoms with E-state index < -0.39 is 6.61 Å². The van der Waals surface area contributed by atoms with Gasteiger partial charge >= 0.3 is 6.61 Å². The van der Waals surface area contributed by atoms with Crippen LogP contribution < -0.4 is 15.4 Å². The number of ether oxygens (including phenoxy) is 2. The van der Waals surface area contributed by atoms with Gasteiger partial charge in [0.1, 0.15) is 11.6 Å². The van der Waals surface area contributed by atoms with Crippen molar-refractivity contribution in [2.45, 2.75) is 19.2 Å². The van der Waals surface area contributed by atoms with E-state index in [1.807, 2.05) is 6.07 Å². The van der Waals surface area contributed by atoms with Gasteiger partial charge < -0.3 is 20.1 Å². The molecule has 1 saturated heterocycles. The highest BCUT2D eigenvalue weighted by molar-refractivity contribution is 5.79. The predicted octanol–water partition coefficient (Wildman–Crippen LogP) is 3.17. The van der Waals surface area contributed by atoms with Gasteiger partial charge in [0.2, 0.25) is 0 Å². The van der Waals surface area contributed by atoms with Gasteiger partial charge in [-0.2, -0.15) is 8.78 Å². The average molecular weight is 436 g/mol. The molecule has 1 unspecified atom stereocenters. The quantitative estimate of drug-likeness (QED) is 0.492. The Hall–Kier alpha value is -2.78. The number of aliphatic imine (C=N–C) groups is 1. The molecule has 1 heterocycles. The molecule has 2 aromatic carbocycles. The first-order valence-electron chi connectivity index (χ1n) is 10.1. The number of alkyl halides is 2. The van der Waals surface area contributed by atoms with Crippen LogP contribution in [0, 0.1) is 5.82 Å². The number of halogens is 3. The van der Waals surface area contributed by atoms with E-state index in [1.165, 1.54) is 18.2 Å². The topological polar surface area (TPSA) is 58.1 Å². The molecule has 0 amide bonds. The van der Waals surface area contributed by atoms with E-state index in [2.05, 4.69) is 25.3 Å². The molecule has 0 saturated carbocycles. The van der Waals surface area contributed by atoms with Crippen molar-refractivity contribution >= 4 is 5.96 Å². The first-order valence-corrected chi connectivity index (χ1v) is 10.1. The first kappa shape index (κ1) is 22.9. The van der Waals surface area contributed by atoms with E-state index in [0.717, 1.165) is 18.7 Å². The van der Waals surface area contributed by atoms with Crippen molar-refractivity contribution in [3.05, 3.63) is 65.5 Å². The molecule has 2 N–H and O–H groups in total. The molecule has 1 atom stereocenters. The normalized spacial score (nSPS) is 16.2. The molecule has 1 aliphatic heterocycles. The standard InChI is InChI=1S/C22H27F3N4O2/c1-26-22(27-14-17-5-2-3-8-20(17)31-21(24)25)28-15-19(29-9-11-30-12-10-29)16-6-4-7-18(23)13-16/h2-8,13,19,21H,9-12,14-15H2,1H3,(H2,26,27,28). The van der Waals surface area contributed by atoms with Gasteiger partial charge in [-0.1, -0.05) is 30.3 Å². The van der Waals surface area contributed by atoms with Crippen LogP contribution in [0.4, 0.5) is 13.2 Å². The van der Waals surface area contributed by atoms with E-state index in [-0.39, 0.29) is 24.2 Å². The maximum Gasteiger partial charge on any atom is 0.387 e. The summed E-state index contributed by atoms with van der Waals surface area (Å²) in [6.45, 7) is 0.585. The molecular formula is C22H27F3N4O2. The van der Waals surface area contributed by atoms with Crippen LogP contribution in [0.1, 0.15) is 17.2 Å². The van der Waals surface area contributed by atoms with Crippen LogP contribution in [0.5, 0.6) is 5.75 Å². The van der Waals surface area contributed by atoms with E-state index in [9.17, 15) is 13.2 Å². The van der Waals surface area contributed by atoms with Gasteiger partial charge in [-0.25, -0.2) is 4.39 Å². The Morgan fingerprint density at radius 3 is 2.61 bits per heavy atom. The molecule has 3 rings (SSSR count). The number of rotatable bonds is 8. The van der Waals surface area contributed by atoms with Crippen molar-refractivity contribution in [1.29, 1.82) is 0 Å². The summed E-state index contributed by atoms with van der Waals surface area (Å²) < 4.78 is 49.1. The minimum Gasteiger partial charge on any atom is -0.434 e. The minimum atomic E-state index is -2.89. The summed E-state index contributed by atoms with van der Waals surface area (Å²) in [6, 6.07) is 13.1. The smallest absolute Gasteiger partial charge is 0.387 e. The lowest BCUT2D eigenvalue weighted by Crippen LogP contribution is -2.46. The van der Waals surface area contributed by atoms with Gasteiger partial charge in [0.25, 0.3) is 0 Å². The van der Waals surface area contributed by atoms with Gasteiger partial charge in [0.15, 0.2) is 5.96 Å². The first-order chi connectivity index (χ1) is 15.1. The summed E-state index contributed by atoms with van der Waals surface area (Å²) >= 11 is 0. The fourth-order valence-electron chi connectivity index (χ4n) is 3.51. The second kappa shape index (κ2) is 11.6. The number of nitrogens with one attached hydrogen (secondary N) is 2. The summed E-state index contributed by atoms with van der Waals surface area (Å²) in [6.07, 6.45) is 0. The Labute approximate surface area is 180 Å². The Balaban J connectivity index is 1.64. The van der Waals surface area contributed by atoms with Crippen LogP contribution in [0.2, 0.25) is 0 Å². The Bertz CT molecular complexity index is 860. The maximum atomic E-state index is 13.8. The van der Waals surface area contributed by atoms with Crippen molar-refractivity contribution in [2.24, 2.45) is 4.99 Å².